The highest BCUT2D eigenvalue weighted by atomic mass is 79.9. The average Bonchev–Trinajstić information content (AvgIpc) is 2.36. The molecule has 0 bridgehead atoms. The molecule has 2 aromatic carbocycles. The van der Waals surface area contributed by atoms with Crippen LogP contribution in [0.5, 0.6) is 0 Å². The molecule has 0 atom stereocenters. The SMILES string of the molecule is OC1=Cc2cc(Br)ccc2/C=C\c2ccccc21. The third kappa shape index (κ3) is 2.00. The predicted octanol–water partition coefficient (Wildman–Crippen LogP) is 4.99. The highest BCUT2D eigenvalue weighted by Crippen LogP contribution is 2.28. The summed E-state index contributed by atoms with van der Waals surface area (Å²) in [5, 5.41) is 10.2. The van der Waals surface area contributed by atoms with E-state index in [0.29, 0.717) is 5.76 Å². The first-order valence-electron chi connectivity index (χ1n) is 5.72. The van der Waals surface area contributed by atoms with Gasteiger partial charge < -0.3 is 5.11 Å². The van der Waals surface area contributed by atoms with Gasteiger partial charge in [-0.3, -0.25) is 0 Å². The van der Waals surface area contributed by atoms with E-state index in [1.165, 1.54) is 0 Å². The van der Waals surface area contributed by atoms with Gasteiger partial charge in [-0.05, 0) is 34.9 Å². The van der Waals surface area contributed by atoms with E-state index in [1.54, 1.807) is 0 Å². The molecule has 1 nitrogen and oxygen atoms in total. The lowest BCUT2D eigenvalue weighted by Gasteiger charge is -2.10. The van der Waals surface area contributed by atoms with E-state index in [0.717, 1.165) is 26.7 Å². The van der Waals surface area contributed by atoms with Crippen LogP contribution in [0.1, 0.15) is 22.3 Å². The van der Waals surface area contributed by atoms with Gasteiger partial charge in [0, 0.05) is 10.0 Å². The smallest absolute Gasteiger partial charge is 0.124 e. The van der Waals surface area contributed by atoms with Crippen molar-refractivity contribution in [1.29, 1.82) is 0 Å². The molecule has 88 valence electrons. The summed E-state index contributed by atoms with van der Waals surface area (Å²) in [4.78, 5) is 0. The van der Waals surface area contributed by atoms with Crippen LogP contribution in [0.15, 0.2) is 46.9 Å². The summed E-state index contributed by atoms with van der Waals surface area (Å²) in [6.45, 7) is 0. The van der Waals surface area contributed by atoms with Gasteiger partial charge in [0.1, 0.15) is 5.76 Å². The molecular formula is C16H11BrO. The Morgan fingerprint density at radius 1 is 0.833 bits per heavy atom. The lowest BCUT2D eigenvalue weighted by atomic mass is 9.97. The fourth-order valence-electron chi connectivity index (χ4n) is 2.10. The van der Waals surface area contributed by atoms with Crippen LogP contribution in [0.3, 0.4) is 0 Å². The lowest BCUT2D eigenvalue weighted by Crippen LogP contribution is -1.92. The number of benzene rings is 2. The van der Waals surface area contributed by atoms with Gasteiger partial charge in [0.15, 0.2) is 0 Å². The van der Waals surface area contributed by atoms with Crippen LogP contribution >= 0.6 is 15.9 Å². The molecule has 0 saturated heterocycles. The van der Waals surface area contributed by atoms with Gasteiger partial charge >= 0.3 is 0 Å². The first kappa shape index (κ1) is 11.3. The minimum absolute atomic E-state index is 0.300. The minimum Gasteiger partial charge on any atom is -0.507 e. The fourth-order valence-corrected chi connectivity index (χ4v) is 2.48. The second-order valence-corrected chi connectivity index (χ2v) is 5.14. The van der Waals surface area contributed by atoms with Gasteiger partial charge in [-0.1, -0.05) is 58.4 Å². The van der Waals surface area contributed by atoms with E-state index in [2.05, 4.69) is 22.0 Å². The predicted molar refractivity (Wildman–Crippen MR) is 80.0 cm³/mol. The highest BCUT2D eigenvalue weighted by molar-refractivity contribution is 9.10. The van der Waals surface area contributed by atoms with Gasteiger partial charge in [-0.15, -0.1) is 0 Å². The number of halogens is 1. The normalized spacial score (nSPS) is 14.8. The van der Waals surface area contributed by atoms with Crippen molar-refractivity contribution in [2.75, 3.05) is 0 Å². The Bertz CT molecular complexity index is 669. The van der Waals surface area contributed by atoms with E-state index in [1.807, 2.05) is 54.6 Å². The molecule has 1 aliphatic rings. The number of aliphatic hydroxyl groups is 1. The molecule has 2 aromatic rings. The largest absolute Gasteiger partial charge is 0.507 e. The van der Waals surface area contributed by atoms with Crippen molar-refractivity contribution in [1.82, 2.24) is 0 Å². The van der Waals surface area contributed by atoms with E-state index < -0.39 is 0 Å². The summed E-state index contributed by atoms with van der Waals surface area (Å²) in [5.41, 5.74) is 3.99. The van der Waals surface area contributed by atoms with Crippen LogP contribution in [0.25, 0.3) is 24.0 Å². The molecular weight excluding hydrogens is 288 g/mol. The lowest BCUT2D eigenvalue weighted by molar-refractivity contribution is 0.515. The molecule has 0 aromatic heterocycles. The first-order chi connectivity index (χ1) is 8.74. The Kier molecular flexibility index (Phi) is 2.80. The van der Waals surface area contributed by atoms with Crippen LogP contribution in [-0.4, -0.2) is 5.11 Å². The second kappa shape index (κ2) is 4.46. The molecule has 0 spiro atoms. The van der Waals surface area contributed by atoms with Crippen LogP contribution in [0.4, 0.5) is 0 Å². The van der Waals surface area contributed by atoms with Crippen molar-refractivity contribution in [3.8, 4) is 0 Å². The summed E-state index contributed by atoms with van der Waals surface area (Å²) in [7, 11) is 0. The summed E-state index contributed by atoms with van der Waals surface area (Å²) in [6.07, 6.45) is 5.91. The number of hydrogen-bond acceptors (Lipinski definition) is 1. The molecule has 1 N–H and O–H groups in total. The zero-order valence-corrected chi connectivity index (χ0v) is 11.2. The van der Waals surface area contributed by atoms with Crippen molar-refractivity contribution in [2.24, 2.45) is 0 Å². The minimum atomic E-state index is 0.300. The fraction of sp³-hybridized carbons (Fsp3) is 0. The van der Waals surface area contributed by atoms with Gasteiger partial charge in [-0.2, -0.15) is 0 Å². The number of rotatable bonds is 0. The van der Waals surface area contributed by atoms with Gasteiger partial charge in [-0.25, -0.2) is 0 Å². The van der Waals surface area contributed by atoms with Crippen LogP contribution in [-0.2, 0) is 0 Å². The number of fused-ring (bicyclic) bond motifs is 2. The summed E-state index contributed by atoms with van der Waals surface area (Å²) in [6, 6.07) is 13.9. The van der Waals surface area contributed by atoms with E-state index in [9.17, 15) is 5.11 Å². The number of aliphatic hydroxyl groups excluding tert-OH is 1. The monoisotopic (exact) mass is 298 g/mol. The Morgan fingerprint density at radius 3 is 2.50 bits per heavy atom. The van der Waals surface area contributed by atoms with Gasteiger partial charge in [0.25, 0.3) is 0 Å². The van der Waals surface area contributed by atoms with Crippen LogP contribution in [0, 0.1) is 0 Å². The Balaban J connectivity index is 2.24. The summed E-state index contributed by atoms with van der Waals surface area (Å²) >= 11 is 3.45. The number of hydrogen-bond donors (Lipinski definition) is 1. The Labute approximate surface area is 114 Å². The van der Waals surface area contributed by atoms with Crippen molar-refractivity contribution < 1.29 is 5.11 Å². The maximum atomic E-state index is 10.2. The van der Waals surface area contributed by atoms with E-state index >= 15 is 0 Å². The zero-order valence-electron chi connectivity index (χ0n) is 9.60. The molecule has 3 rings (SSSR count). The van der Waals surface area contributed by atoms with Gasteiger partial charge in [0.2, 0.25) is 0 Å². The molecule has 0 amide bonds. The molecule has 0 aliphatic heterocycles. The topological polar surface area (TPSA) is 20.2 Å². The maximum Gasteiger partial charge on any atom is 0.124 e. The van der Waals surface area contributed by atoms with Crippen LogP contribution in [0.2, 0.25) is 0 Å². The molecule has 0 saturated carbocycles. The van der Waals surface area contributed by atoms with Crippen LogP contribution < -0.4 is 0 Å². The van der Waals surface area contributed by atoms with Crippen molar-refractivity contribution >= 4 is 39.9 Å². The second-order valence-electron chi connectivity index (χ2n) is 4.22. The highest BCUT2D eigenvalue weighted by Gasteiger charge is 2.08. The molecule has 1 aliphatic carbocycles. The zero-order chi connectivity index (χ0) is 12.5. The molecule has 0 fully saturated rings. The van der Waals surface area contributed by atoms with Crippen molar-refractivity contribution in [2.45, 2.75) is 0 Å². The Hall–Kier alpha value is -1.80. The molecule has 2 heteroatoms. The molecule has 0 radical (unpaired) electrons. The first-order valence-corrected chi connectivity index (χ1v) is 6.51. The van der Waals surface area contributed by atoms with Crippen molar-refractivity contribution in [3.63, 3.8) is 0 Å². The summed E-state index contributed by atoms with van der Waals surface area (Å²) in [5.74, 6) is 0.300. The summed E-state index contributed by atoms with van der Waals surface area (Å²) < 4.78 is 1.01. The average molecular weight is 299 g/mol. The third-order valence-electron chi connectivity index (χ3n) is 3.02. The molecule has 0 heterocycles. The molecule has 18 heavy (non-hydrogen) atoms. The van der Waals surface area contributed by atoms with E-state index in [-0.39, 0.29) is 0 Å². The molecule has 0 unspecified atom stereocenters. The van der Waals surface area contributed by atoms with Gasteiger partial charge in [0.05, 0.1) is 0 Å². The quantitative estimate of drug-likeness (QED) is 0.726. The van der Waals surface area contributed by atoms with E-state index in [4.69, 9.17) is 0 Å². The Morgan fingerprint density at radius 2 is 1.61 bits per heavy atom. The third-order valence-corrected chi connectivity index (χ3v) is 3.51. The standard InChI is InChI=1S/C16H11BrO/c17-14-8-7-11-5-6-12-3-1-2-4-15(12)16(18)10-13(11)9-14/h1-10,18H/b6-5-,11-5?,12-6?,13-10?,16-10?,16-15?. The van der Waals surface area contributed by atoms with Crippen molar-refractivity contribution in [3.05, 3.63) is 69.2 Å². The maximum absolute atomic E-state index is 10.2.